The third-order valence-corrected chi connectivity index (χ3v) is 12.8. The van der Waals surface area contributed by atoms with Crippen LogP contribution in [0.3, 0.4) is 0 Å². The zero-order valence-electron chi connectivity index (χ0n) is 40.8. The first-order valence-electron chi connectivity index (χ1n) is 23.9. The molecular formula is C58H78Cl2N2. The lowest BCUT2D eigenvalue weighted by molar-refractivity contribution is 0.587. The van der Waals surface area contributed by atoms with E-state index in [9.17, 15) is 0 Å². The molecule has 0 aliphatic rings. The Morgan fingerprint density at radius 2 is 0.661 bits per heavy atom. The molecule has 5 aromatic rings. The topological polar surface area (TPSA) is 6.48 Å². The summed E-state index contributed by atoms with van der Waals surface area (Å²) in [7, 11) is 0. The van der Waals surface area contributed by atoms with Gasteiger partial charge in [0, 0.05) is 32.8 Å². The van der Waals surface area contributed by atoms with E-state index < -0.39 is 0 Å². The highest BCUT2D eigenvalue weighted by molar-refractivity contribution is 6.31. The summed E-state index contributed by atoms with van der Waals surface area (Å²) in [6.07, 6.45) is 13.1. The Labute approximate surface area is 388 Å². The molecule has 0 saturated heterocycles. The van der Waals surface area contributed by atoms with Crippen molar-refractivity contribution in [1.82, 2.24) is 0 Å². The largest absolute Gasteiger partial charge is 0.310 e. The monoisotopic (exact) mass is 873 g/mol. The molecule has 0 heterocycles. The van der Waals surface area contributed by atoms with E-state index >= 15 is 0 Å². The number of unbranched alkanes of at least 4 members (excludes halogenated alkanes) is 4. The van der Waals surface area contributed by atoms with Crippen LogP contribution in [0.2, 0.25) is 10.0 Å². The Kier molecular flexibility index (Phi) is 16.9. The molecule has 5 rings (SSSR count). The lowest BCUT2D eigenvalue weighted by Gasteiger charge is -2.36. The quantitative estimate of drug-likeness (QED) is 0.0865. The molecule has 0 radical (unpaired) electrons. The maximum Gasteiger partial charge on any atom is 0.0525 e. The van der Waals surface area contributed by atoms with E-state index in [-0.39, 0.29) is 16.2 Å². The van der Waals surface area contributed by atoms with Gasteiger partial charge in [0.15, 0.2) is 0 Å². The van der Waals surface area contributed by atoms with Crippen molar-refractivity contribution in [3.8, 4) is 0 Å². The highest BCUT2D eigenvalue weighted by Crippen LogP contribution is 2.49. The molecule has 0 atom stereocenters. The van der Waals surface area contributed by atoms with Crippen LogP contribution in [0.1, 0.15) is 180 Å². The van der Waals surface area contributed by atoms with Gasteiger partial charge in [0.25, 0.3) is 0 Å². The van der Waals surface area contributed by atoms with Gasteiger partial charge in [-0.1, -0.05) is 175 Å². The van der Waals surface area contributed by atoms with Crippen LogP contribution in [0.25, 0.3) is 0 Å². The molecule has 0 aliphatic carbocycles. The van der Waals surface area contributed by atoms with Crippen molar-refractivity contribution in [3.05, 3.63) is 140 Å². The van der Waals surface area contributed by atoms with Gasteiger partial charge in [-0.3, -0.25) is 0 Å². The maximum absolute atomic E-state index is 6.97. The van der Waals surface area contributed by atoms with E-state index in [1.165, 1.54) is 50.3 Å². The van der Waals surface area contributed by atoms with E-state index in [2.05, 4.69) is 179 Å². The fraction of sp³-hybridized carbons (Fsp3) is 0.483. The smallest absolute Gasteiger partial charge is 0.0525 e. The molecular weight excluding hydrogens is 796 g/mol. The summed E-state index contributed by atoms with van der Waals surface area (Å²) in [4.78, 5) is 5.11. The lowest BCUT2D eigenvalue weighted by atomic mass is 9.82. The standard InChI is InChI=1S/C58H78Cl2N2/c1-14-18-24-41-32-45(56(5,6)7)33-42(25-19-15-2)54(41)61(50-30-22-28-48(59)38-50)52-36-47(58(11,12)13)37-53(40-52)62(51-31-23-29-49(60)39-51)55-43(26-20-16-3)34-46(57(8,9)10)35-44(55)27-21-17-4/h22-23,28-40H,14-21,24-27H2,1-13H3. The predicted molar refractivity (Wildman–Crippen MR) is 276 cm³/mol. The molecule has 0 N–H and O–H groups in total. The number of benzene rings is 5. The molecule has 0 aromatic heterocycles. The summed E-state index contributed by atoms with van der Waals surface area (Å²) >= 11 is 13.9. The van der Waals surface area contributed by atoms with Gasteiger partial charge in [0.1, 0.15) is 0 Å². The van der Waals surface area contributed by atoms with Crippen LogP contribution in [0.15, 0.2) is 91.0 Å². The second-order valence-electron chi connectivity index (χ2n) is 20.8. The van der Waals surface area contributed by atoms with Crippen LogP contribution >= 0.6 is 23.2 Å². The molecule has 0 spiro atoms. The van der Waals surface area contributed by atoms with Gasteiger partial charge in [-0.15, -0.1) is 0 Å². The van der Waals surface area contributed by atoms with Gasteiger partial charge in [-0.25, -0.2) is 0 Å². The Bertz CT molecular complexity index is 2040. The highest BCUT2D eigenvalue weighted by atomic mass is 35.5. The predicted octanol–water partition coefficient (Wildman–Crippen LogP) is 19.2. The van der Waals surface area contributed by atoms with Crippen molar-refractivity contribution < 1.29 is 0 Å². The zero-order chi connectivity index (χ0) is 45.4. The van der Waals surface area contributed by atoms with Gasteiger partial charge >= 0.3 is 0 Å². The molecule has 0 aliphatic heterocycles. The zero-order valence-corrected chi connectivity index (χ0v) is 42.3. The number of aryl methyl sites for hydroxylation is 4. The molecule has 2 nitrogen and oxygen atoms in total. The van der Waals surface area contributed by atoms with Crippen molar-refractivity contribution >= 4 is 57.3 Å². The molecule has 0 saturated carbocycles. The molecule has 0 bridgehead atoms. The van der Waals surface area contributed by atoms with Gasteiger partial charge in [-0.05, 0) is 161 Å². The molecule has 334 valence electrons. The van der Waals surface area contributed by atoms with Gasteiger partial charge in [-0.2, -0.15) is 0 Å². The third kappa shape index (κ3) is 12.3. The number of halogens is 2. The Morgan fingerprint density at radius 1 is 0.371 bits per heavy atom. The highest BCUT2D eigenvalue weighted by Gasteiger charge is 2.29. The molecule has 0 amide bonds. The van der Waals surface area contributed by atoms with Crippen molar-refractivity contribution in [3.63, 3.8) is 0 Å². The molecule has 5 aromatic carbocycles. The summed E-state index contributed by atoms with van der Waals surface area (Å²) in [6.45, 7) is 30.4. The van der Waals surface area contributed by atoms with Crippen LogP contribution in [0.4, 0.5) is 34.1 Å². The van der Waals surface area contributed by atoms with E-state index in [0.717, 1.165) is 110 Å². The minimum Gasteiger partial charge on any atom is -0.310 e. The second kappa shape index (κ2) is 21.3. The number of hydrogen-bond donors (Lipinski definition) is 0. The summed E-state index contributed by atoms with van der Waals surface area (Å²) in [5.74, 6) is 0. The summed E-state index contributed by atoms with van der Waals surface area (Å²) in [6, 6.07) is 34.4. The first kappa shape index (κ1) is 49.3. The van der Waals surface area contributed by atoms with Crippen molar-refractivity contribution in [2.45, 2.75) is 183 Å². The normalized spacial score (nSPS) is 12.2. The van der Waals surface area contributed by atoms with Gasteiger partial charge in [0.2, 0.25) is 0 Å². The number of anilines is 6. The first-order valence-corrected chi connectivity index (χ1v) is 24.7. The fourth-order valence-corrected chi connectivity index (χ4v) is 8.89. The first-order chi connectivity index (χ1) is 29.3. The van der Waals surface area contributed by atoms with Crippen molar-refractivity contribution in [2.24, 2.45) is 0 Å². The van der Waals surface area contributed by atoms with Crippen molar-refractivity contribution in [2.75, 3.05) is 9.80 Å². The van der Waals surface area contributed by atoms with Gasteiger partial charge < -0.3 is 9.80 Å². The average Bonchev–Trinajstić information content (AvgIpc) is 3.20. The van der Waals surface area contributed by atoms with E-state index in [0.29, 0.717) is 0 Å². The minimum atomic E-state index is -0.150. The van der Waals surface area contributed by atoms with Crippen LogP contribution in [-0.2, 0) is 41.9 Å². The van der Waals surface area contributed by atoms with E-state index in [4.69, 9.17) is 23.2 Å². The van der Waals surface area contributed by atoms with Crippen LogP contribution < -0.4 is 9.80 Å². The van der Waals surface area contributed by atoms with Crippen LogP contribution in [0, 0.1) is 0 Å². The Hall–Kier alpha value is -3.72. The second-order valence-corrected chi connectivity index (χ2v) is 21.7. The summed E-state index contributed by atoms with van der Waals surface area (Å²) < 4.78 is 0. The molecule has 4 heteroatoms. The fourth-order valence-electron chi connectivity index (χ4n) is 8.52. The molecule has 62 heavy (non-hydrogen) atoms. The number of hydrogen-bond acceptors (Lipinski definition) is 2. The third-order valence-electron chi connectivity index (χ3n) is 12.3. The van der Waals surface area contributed by atoms with Crippen molar-refractivity contribution in [1.29, 1.82) is 0 Å². The molecule has 0 unspecified atom stereocenters. The maximum atomic E-state index is 6.97. The number of rotatable bonds is 18. The average molecular weight is 874 g/mol. The minimum absolute atomic E-state index is 0.0195. The van der Waals surface area contributed by atoms with Crippen LogP contribution in [0.5, 0.6) is 0 Å². The summed E-state index contributed by atoms with van der Waals surface area (Å²) in [5.41, 5.74) is 16.6. The SMILES string of the molecule is CCCCc1cc(C(C)(C)C)cc(CCCC)c1N(c1cccc(Cl)c1)c1cc(N(c2cccc(Cl)c2)c2c(CCCC)cc(C(C)(C)C)cc2CCCC)cc(C(C)(C)C)c1. The van der Waals surface area contributed by atoms with Crippen LogP contribution in [-0.4, -0.2) is 0 Å². The number of nitrogens with zero attached hydrogens (tertiary/aromatic N) is 2. The Balaban J connectivity index is 1.99. The summed E-state index contributed by atoms with van der Waals surface area (Å²) in [5, 5.41) is 1.47. The molecule has 0 fully saturated rings. The lowest BCUT2D eigenvalue weighted by Crippen LogP contribution is -2.22. The Morgan fingerprint density at radius 3 is 0.919 bits per heavy atom. The van der Waals surface area contributed by atoms with Gasteiger partial charge in [0.05, 0.1) is 11.4 Å². The van der Waals surface area contributed by atoms with E-state index in [1.807, 2.05) is 12.1 Å². The van der Waals surface area contributed by atoms with E-state index in [1.54, 1.807) is 0 Å².